The van der Waals surface area contributed by atoms with Gasteiger partial charge in [0.25, 0.3) is 5.56 Å². The van der Waals surface area contributed by atoms with E-state index in [0.717, 1.165) is 33.0 Å². The van der Waals surface area contributed by atoms with E-state index >= 15 is 0 Å². The molecule has 1 aromatic carbocycles. The number of nitrogens with zero attached hydrogens (tertiary/aromatic N) is 4. The third-order valence-electron chi connectivity index (χ3n) is 6.23. The van der Waals surface area contributed by atoms with Gasteiger partial charge in [-0.3, -0.25) is 18.7 Å². The van der Waals surface area contributed by atoms with Gasteiger partial charge in [-0.05, 0) is 42.7 Å². The quantitative estimate of drug-likeness (QED) is 0.444. The summed E-state index contributed by atoms with van der Waals surface area (Å²) >= 11 is 0. The number of hydrogen-bond acceptors (Lipinski definition) is 4. The van der Waals surface area contributed by atoms with Gasteiger partial charge in [0, 0.05) is 30.3 Å². The highest BCUT2D eigenvalue weighted by Gasteiger charge is 2.23. The van der Waals surface area contributed by atoms with E-state index in [1.165, 1.54) is 6.20 Å². The minimum Gasteiger partial charge on any atom is -0.481 e. The summed E-state index contributed by atoms with van der Waals surface area (Å²) in [7, 11) is 1.96. The molecule has 1 N–H and O–H groups in total. The number of pyridine rings is 1. The molecule has 4 aromatic rings. The van der Waals surface area contributed by atoms with Crippen molar-refractivity contribution in [1.29, 1.82) is 0 Å². The lowest BCUT2D eigenvalue weighted by atomic mass is 10.1. The van der Waals surface area contributed by atoms with Crippen LogP contribution in [-0.2, 0) is 18.4 Å². The maximum Gasteiger partial charge on any atom is 0.332 e. The fraction of sp³-hybridized carbons (Fsp3) is 0.360. The summed E-state index contributed by atoms with van der Waals surface area (Å²) in [5.41, 5.74) is 2.67. The van der Waals surface area contributed by atoms with Gasteiger partial charge >= 0.3 is 11.7 Å². The predicted octanol–water partition coefficient (Wildman–Crippen LogP) is 3.61. The molecule has 0 saturated heterocycles. The van der Waals surface area contributed by atoms with Gasteiger partial charge in [-0.1, -0.05) is 31.9 Å². The highest BCUT2D eigenvalue weighted by molar-refractivity contribution is 5.87. The molecule has 0 fully saturated rings. The normalized spacial score (nSPS) is 12.5. The van der Waals surface area contributed by atoms with E-state index in [-0.39, 0.29) is 18.5 Å². The molecule has 0 aliphatic carbocycles. The minimum absolute atomic E-state index is 0.168. The number of aryl methyl sites for hydroxylation is 2. The standard InChI is InChI=1S/C25H28N4O4/c1-4-5-9-18(13-21(30)31)29-24(32)23-20(11-7-12-26-23)28(25(29)33)15-17-14-27(3)19-10-6-8-16(2)22(17)19/h6-8,10-12,14,18H,4-5,9,13,15H2,1-3H3,(H,30,31). The summed E-state index contributed by atoms with van der Waals surface area (Å²) in [6.07, 6.45) is 5.20. The highest BCUT2D eigenvalue weighted by Crippen LogP contribution is 2.25. The van der Waals surface area contributed by atoms with Crippen LogP contribution in [0, 0.1) is 6.92 Å². The number of hydrogen-bond donors (Lipinski definition) is 1. The van der Waals surface area contributed by atoms with Gasteiger partial charge in [0.2, 0.25) is 0 Å². The Morgan fingerprint density at radius 1 is 1.15 bits per heavy atom. The summed E-state index contributed by atoms with van der Waals surface area (Å²) < 4.78 is 4.68. The van der Waals surface area contributed by atoms with Crippen molar-refractivity contribution in [1.82, 2.24) is 18.7 Å². The van der Waals surface area contributed by atoms with Crippen LogP contribution in [0.4, 0.5) is 0 Å². The van der Waals surface area contributed by atoms with E-state index in [9.17, 15) is 19.5 Å². The second kappa shape index (κ2) is 9.05. The smallest absolute Gasteiger partial charge is 0.332 e. The molecule has 0 bridgehead atoms. The maximum absolute atomic E-state index is 13.7. The predicted molar refractivity (Wildman–Crippen MR) is 128 cm³/mol. The average molecular weight is 449 g/mol. The molecule has 3 aromatic heterocycles. The number of aromatic nitrogens is 4. The molecule has 0 amide bonds. The number of unbranched alkanes of at least 4 members (excludes halogenated alkanes) is 1. The van der Waals surface area contributed by atoms with Crippen molar-refractivity contribution in [3.63, 3.8) is 0 Å². The lowest BCUT2D eigenvalue weighted by molar-refractivity contribution is -0.138. The Bertz CT molecular complexity index is 1460. The maximum atomic E-state index is 13.7. The number of aliphatic carboxylic acids is 1. The third kappa shape index (κ3) is 4.08. The molecule has 0 radical (unpaired) electrons. The molecule has 0 saturated carbocycles. The number of carboxylic acids is 1. The molecule has 172 valence electrons. The molecule has 0 aliphatic rings. The number of rotatable bonds is 8. The summed E-state index contributed by atoms with van der Waals surface area (Å²) in [5, 5.41) is 10.5. The van der Waals surface area contributed by atoms with Gasteiger partial charge in [-0.15, -0.1) is 0 Å². The molecule has 8 nitrogen and oxygen atoms in total. The summed E-state index contributed by atoms with van der Waals surface area (Å²) in [6.45, 7) is 4.27. The van der Waals surface area contributed by atoms with Crippen LogP contribution in [0.25, 0.3) is 21.9 Å². The fourth-order valence-electron chi connectivity index (χ4n) is 4.67. The first kappa shape index (κ1) is 22.5. The van der Waals surface area contributed by atoms with E-state index in [1.807, 2.05) is 49.9 Å². The Morgan fingerprint density at radius 3 is 2.64 bits per heavy atom. The largest absolute Gasteiger partial charge is 0.481 e. The molecule has 33 heavy (non-hydrogen) atoms. The van der Waals surface area contributed by atoms with Crippen molar-refractivity contribution in [2.24, 2.45) is 7.05 Å². The first-order valence-corrected chi connectivity index (χ1v) is 11.2. The average Bonchev–Trinajstić information content (AvgIpc) is 3.11. The summed E-state index contributed by atoms with van der Waals surface area (Å²) in [5.74, 6) is -1.04. The Balaban J connectivity index is 1.97. The summed E-state index contributed by atoms with van der Waals surface area (Å²) in [4.78, 5) is 42.8. The number of carbonyl (C=O) groups is 1. The van der Waals surface area contributed by atoms with Crippen LogP contribution in [0.15, 0.2) is 52.3 Å². The third-order valence-corrected chi connectivity index (χ3v) is 6.23. The number of benzene rings is 1. The van der Waals surface area contributed by atoms with Gasteiger partial charge < -0.3 is 9.67 Å². The van der Waals surface area contributed by atoms with Crippen molar-refractivity contribution < 1.29 is 9.90 Å². The van der Waals surface area contributed by atoms with Crippen LogP contribution in [0.3, 0.4) is 0 Å². The van der Waals surface area contributed by atoms with Crippen molar-refractivity contribution in [2.75, 3.05) is 0 Å². The van der Waals surface area contributed by atoms with Gasteiger partial charge in [-0.25, -0.2) is 9.78 Å². The molecular weight excluding hydrogens is 420 g/mol. The molecular formula is C25H28N4O4. The molecule has 3 heterocycles. The van der Waals surface area contributed by atoms with Crippen LogP contribution in [-0.4, -0.2) is 29.8 Å². The van der Waals surface area contributed by atoms with Crippen molar-refractivity contribution in [3.8, 4) is 0 Å². The first-order chi connectivity index (χ1) is 15.8. The second-order valence-corrected chi connectivity index (χ2v) is 8.54. The van der Waals surface area contributed by atoms with E-state index < -0.39 is 23.3 Å². The van der Waals surface area contributed by atoms with Crippen molar-refractivity contribution in [2.45, 2.75) is 52.1 Å². The van der Waals surface area contributed by atoms with Crippen LogP contribution in [0.1, 0.15) is 49.8 Å². The number of carboxylic acid groups (broad SMARTS) is 1. The fourth-order valence-corrected chi connectivity index (χ4v) is 4.67. The van der Waals surface area contributed by atoms with Gasteiger partial charge in [0.15, 0.2) is 5.52 Å². The first-order valence-electron chi connectivity index (χ1n) is 11.2. The molecule has 1 unspecified atom stereocenters. The van der Waals surface area contributed by atoms with Crippen molar-refractivity contribution >= 4 is 27.9 Å². The Hall–Kier alpha value is -3.68. The molecule has 1 atom stereocenters. The zero-order valence-electron chi connectivity index (χ0n) is 19.1. The van der Waals surface area contributed by atoms with Gasteiger partial charge in [0.1, 0.15) is 0 Å². The number of fused-ring (bicyclic) bond motifs is 2. The van der Waals surface area contributed by atoms with Crippen LogP contribution in [0.5, 0.6) is 0 Å². The zero-order valence-corrected chi connectivity index (χ0v) is 19.1. The van der Waals surface area contributed by atoms with Crippen LogP contribution in [0.2, 0.25) is 0 Å². The highest BCUT2D eigenvalue weighted by atomic mass is 16.4. The Labute approximate surface area is 190 Å². The molecule has 0 spiro atoms. The Kier molecular flexibility index (Phi) is 6.18. The monoisotopic (exact) mass is 448 g/mol. The van der Waals surface area contributed by atoms with Gasteiger partial charge in [-0.2, -0.15) is 0 Å². The minimum atomic E-state index is -1.04. The van der Waals surface area contributed by atoms with E-state index in [1.54, 1.807) is 16.7 Å². The van der Waals surface area contributed by atoms with Crippen LogP contribution >= 0.6 is 0 Å². The molecule has 0 aliphatic heterocycles. The van der Waals surface area contributed by atoms with E-state index in [0.29, 0.717) is 18.4 Å². The lowest BCUT2D eigenvalue weighted by Crippen LogP contribution is -2.43. The Morgan fingerprint density at radius 2 is 1.91 bits per heavy atom. The second-order valence-electron chi connectivity index (χ2n) is 8.54. The van der Waals surface area contributed by atoms with Gasteiger partial charge in [0.05, 0.1) is 24.5 Å². The lowest BCUT2D eigenvalue weighted by Gasteiger charge is -2.20. The zero-order chi connectivity index (χ0) is 23.7. The van der Waals surface area contributed by atoms with Crippen LogP contribution < -0.4 is 11.2 Å². The molecule has 8 heteroatoms. The van der Waals surface area contributed by atoms with E-state index in [4.69, 9.17) is 0 Å². The van der Waals surface area contributed by atoms with Crippen molar-refractivity contribution in [3.05, 3.63) is 74.7 Å². The SMILES string of the molecule is CCCCC(CC(=O)O)n1c(=O)c2ncccc2n(Cc2cn(C)c3cccc(C)c23)c1=O. The topological polar surface area (TPSA) is 99.1 Å². The summed E-state index contributed by atoms with van der Waals surface area (Å²) in [6, 6.07) is 8.74. The van der Waals surface area contributed by atoms with E-state index in [2.05, 4.69) is 4.98 Å². The molecule has 4 rings (SSSR count).